The molecular formula is C19H25NO4. The van der Waals surface area contributed by atoms with Crippen LogP contribution in [0.5, 0.6) is 23.0 Å². The summed E-state index contributed by atoms with van der Waals surface area (Å²) in [6, 6.07) is 12.0. The first kappa shape index (κ1) is 17.9. The Morgan fingerprint density at radius 1 is 0.792 bits per heavy atom. The van der Waals surface area contributed by atoms with Crippen molar-refractivity contribution < 1.29 is 18.9 Å². The molecule has 2 aromatic rings. The number of para-hydroxylation sites is 1. The zero-order valence-corrected chi connectivity index (χ0v) is 14.7. The number of ether oxygens (including phenoxy) is 4. The van der Waals surface area contributed by atoms with Crippen LogP contribution in [0.15, 0.2) is 36.4 Å². The van der Waals surface area contributed by atoms with Crippen LogP contribution in [0.4, 0.5) is 0 Å². The van der Waals surface area contributed by atoms with Gasteiger partial charge in [-0.1, -0.05) is 18.2 Å². The van der Waals surface area contributed by atoms with Crippen LogP contribution in [-0.2, 0) is 13.0 Å². The van der Waals surface area contributed by atoms with E-state index in [0.717, 1.165) is 24.3 Å². The van der Waals surface area contributed by atoms with Gasteiger partial charge < -0.3 is 24.3 Å². The lowest BCUT2D eigenvalue weighted by Crippen LogP contribution is -2.17. The highest BCUT2D eigenvalue weighted by atomic mass is 16.5. The van der Waals surface area contributed by atoms with E-state index in [-0.39, 0.29) is 0 Å². The number of hydrogen-bond donors (Lipinski definition) is 1. The van der Waals surface area contributed by atoms with Crippen LogP contribution < -0.4 is 24.3 Å². The number of nitrogens with one attached hydrogen (secondary N) is 1. The molecular weight excluding hydrogens is 306 g/mol. The summed E-state index contributed by atoms with van der Waals surface area (Å²) in [5, 5.41) is 3.43. The maximum absolute atomic E-state index is 5.38. The maximum atomic E-state index is 5.38. The average Bonchev–Trinajstić information content (AvgIpc) is 2.64. The summed E-state index contributed by atoms with van der Waals surface area (Å²) in [4.78, 5) is 0. The molecule has 2 rings (SSSR count). The second-order valence-electron chi connectivity index (χ2n) is 5.27. The summed E-state index contributed by atoms with van der Waals surface area (Å²) >= 11 is 0. The Hall–Kier alpha value is -2.40. The summed E-state index contributed by atoms with van der Waals surface area (Å²) in [5.41, 5.74) is 2.27. The highest BCUT2D eigenvalue weighted by Crippen LogP contribution is 2.38. The minimum Gasteiger partial charge on any atom is -0.496 e. The molecule has 2 aromatic carbocycles. The Morgan fingerprint density at radius 2 is 1.42 bits per heavy atom. The molecule has 24 heavy (non-hydrogen) atoms. The van der Waals surface area contributed by atoms with Gasteiger partial charge >= 0.3 is 0 Å². The third-order valence-electron chi connectivity index (χ3n) is 3.82. The fourth-order valence-electron chi connectivity index (χ4n) is 2.60. The molecule has 0 fully saturated rings. The van der Waals surface area contributed by atoms with Crippen molar-refractivity contribution in [3.8, 4) is 23.0 Å². The van der Waals surface area contributed by atoms with Gasteiger partial charge in [0.15, 0.2) is 11.5 Å². The van der Waals surface area contributed by atoms with E-state index in [1.807, 2.05) is 30.3 Å². The topological polar surface area (TPSA) is 49.0 Å². The van der Waals surface area contributed by atoms with Gasteiger partial charge in [-0.3, -0.25) is 0 Å². The number of benzene rings is 2. The molecule has 0 aliphatic rings. The number of rotatable bonds is 9. The summed E-state index contributed by atoms with van der Waals surface area (Å²) < 4.78 is 21.5. The van der Waals surface area contributed by atoms with Crippen LogP contribution in [0.1, 0.15) is 11.1 Å². The predicted octanol–water partition coefficient (Wildman–Crippen LogP) is 3.05. The van der Waals surface area contributed by atoms with Gasteiger partial charge in [-0.25, -0.2) is 0 Å². The third-order valence-corrected chi connectivity index (χ3v) is 3.82. The van der Waals surface area contributed by atoms with Crippen molar-refractivity contribution in [2.45, 2.75) is 13.0 Å². The molecule has 1 N–H and O–H groups in total. The van der Waals surface area contributed by atoms with Crippen LogP contribution in [0.3, 0.4) is 0 Å². The predicted molar refractivity (Wildman–Crippen MR) is 94.5 cm³/mol. The quantitative estimate of drug-likeness (QED) is 0.716. The Bertz CT molecular complexity index is 633. The molecule has 0 radical (unpaired) electrons. The molecule has 0 heterocycles. The average molecular weight is 331 g/mol. The Morgan fingerprint density at radius 3 is 2.00 bits per heavy atom. The zero-order valence-electron chi connectivity index (χ0n) is 14.7. The number of methoxy groups -OCH3 is 4. The molecule has 0 atom stereocenters. The standard InChI is InChI=1S/C19H25NO4/c1-21-16-8-6-5-7-15(16)9-10-20-13-14-11-17(22-2)19(24-4)18(12-14)23-3/h5-8,11-12,20H,9-10,13H2,1-4H3. The van der Waals surface area contributed by atoms with Crippen molar-refractivity contribution in [2.24, 2.45) is 0 Å². The third kappa shape index (κ3) is 4.32. The van der Waals surface area contributed by atoms with Gasteiger partial charge in [-0.15, -0.1) is 0 Å². The molecule has 0 aliphatic heterocycles. The maximum Gasteiger partial charge on any atom is 0.203 e. The lowest BCUT2D eigenvalue weighted by Gasteiger charge is -2.14. The van der Waals surface area contributed by atoms with Crippen LogP contribution in [0.2, 0.25) is 0 Å². The Balaban J connectivity index is 1.97. The summed E-state index contributed by atoms with van der Waals surface area (Å²) in [5.74, 6) is 2.86. The molecule has 130 valence electrons. The van der Waals surface area contributed by atoms with Gasteiger partial charge in [0, 0.05) is 6.54 Å². The van der Waals surface area contributed by atoms with Crippen LogP contribution in [0, 0.1) is 0 Å². The first-order valence-corrected chi connectivity index (χ1v) is 7.85. The summed E-state index contributed by atoms with van der Waals surface area (Å²) in [6.07, 6.45) is 0.897. The molecule has 5 heteroatoms. The van der Waals surface area contributed by atoms with E-state index >= 15 is 0 Å². The van der Waals surface area contributed by atoms with E-state index in [9.17, 15) is 0 Å². The summed E-state index contributed by atoms with van der Waals surface area (Å²) in [7, 11) is 6.54. The van der Waals surface area contributed by atoms with Crippen molar-refractivity contribution in [3.05, 3.63) is 47.5 Å². The van der Waals surface area contributed by atoms with Gasteiger partial charge in [0.2, 0.25) is 5.75 Å². The van der Waals surface area contributed by atoms with Crippen molar-refractivity contribution in [1.29, 1.82) is 0 Å². The largest absolute Gasteiger partial charge is 0.496 e. The highest BCUT2D eigenvalue weighted by molar-refractivity contribution is 5.53. The fourth-order valence-corrected chi connectivity index (χ4v) is 2.60. The van der Waals surface area contributed by atoms with Gasteiger partial charge in [0.05, 0.1) is 28.4 Å². The molecule has 0 amide bonds. The van der Waals surface area contributed by atoms with Gasteiger partial charge in [0.1, 0.15) is 5.75 Å². The fraction of sp³-hybridized carbons (Fsp3) is 0.368. The van der Waals surface area contributed by atoms with Gasteiger partial charge in [0.25, 0.3) is 0 Å². The minimum absolute atomic E-state index is 0.609. The smallest absolute Gasteiger partial charge is 0.203 e. The zero-order chi connectivity index (χ0) is 17.4. The van der Waals surface area contributed by atoms with E-state index in [2.05, 4.69) is 11.4 Å². The van der Waals surface area contributed by atoms with Crippen molar-refractivity contribution in [3.63, 3.8) is 0 Å². The second-order valence-corrected chi connectivity index (χ2v) is 5.27. The first-order chi connectivity index (χ1) is 11.7. The normalized spacial score (nSPS) is 10.3. The highest BCUT2D eigenvalue weighted by Gasteiger charge is 2.12. The minimum atomic E-state index is 0.609. The molecule has 0 spiro atoms. The molecule has 0 saturated carbocycles. The Kier molecular flexibility index (Phi) is 6.75. The van der Waals surface area contributed by atoms with E-state index < -0.39 is 0 Å². The summed E-state index contributed by atoms with van der Waals surface area (Å²) in [6.45, 7) is 1.56. The van der Waals surface area contributed by atoms with E-state index in [4.69, 9.17) is 18.9 Å². The monoisotopic (exact) mass is 331 g/mol. The van der Waals surface area contributed by atoms with Crippen molar-refractivity contribution in [2.75, 3.05) is 35.0 Å². The molecule has 0 unspecified atom stereocenters. The van der Waals surface area contributed by atoms with E-state index in [1.165, 1.54) is 5.56 Å². The van der Waals surface area contributed by atoms with Gasteiger partial charge in [-0.05, 0) is 42.3 Å². The van der Waals surface area contributed by atoms with Crippen LogP contribution in [0.25, 0.3) is 0 Å². The SMILES string of the molecule is COc1ccccc1CCNCc1cc(OC)c(OC)c(OC)c1. The van der Waals surface area contributed by atoms with Crippen molar-refractivity contribution in [1.82, 2.24) is 5.32 Å². The molecule has 0 aromatic heterocycles. The van der Waals surface area contributed by atoms with Crippen LogP contribution in [-0.4, -0.2) is 35.0 Å². The number of hydrogen-bond acceptors (Lipinski definition) is 5. The molecule has 0 saturated heterocycles. The lowest BCUT2D eigenvalue weighted by atomic mass is 10.1. The van der Waals surface area contributed by atoms with Crippen LogP contribution >= 0.6 is 0 Å². The van der Waals surface area contributed by atoms with Gasteiger partial charge in [-0.2, -0.15) is 0 Å². The second kappa shape index (κ2) is 9.03. The molecule has 5 nitrogen and oxygen atoms in total. The molecule has 0 bridgehead atoms. The lowest BCUT2D eigenvalue weighted by molar-refractivity contribution is 0.323. The first-order valence-electron chi connectivity index (χ1n) is 7.85. The van der Waals surface area contributed by atoms with Crippen molar-refractivity contribution >= 4 is 0 Å². The Labute approximate surface area is 143 Å². The van der Waals surface area contributed by atoms with E-state index in [1.54, 1.807) is 28.4 Å². The molecule has 0 aliphatic carbocycles. The van der Waals surface area contributed by atoms with E-state index in [0.29, 0.717) is 23.8 Å².